The first-order valence-electron chi connectivity index (χ1n) is 11.6. The smallest absolute Gasteiger partial charge is 0.308 e. The molecular formula is C27H24BrN5O5S. The number of amides is 1. The van der Waals surface area contributed by atoms with Crippen LogP contribution in [0.2, 0.25) is 0 Å². The molecule has 0 aliphatic carbocycles. The molecule has 0 aliphatic heterocycles. The Bertz CT molecular complexity index is 1470. The second-order valence-electron chi connectivity index (χ2n) is 7.91. The third-order valence-electron chi connectivity index (χ3n) is 5.21. The van der Waals surface area contributed by atoms with E-state index in [-0.39, 0.29) is 28.9 Å². The van der Waals surface area contributed by atoms with Crippen molar-refractivity contribution in [1.29, 1.82) is 0 Å². The van der Waals surface area contributed by atoms with Crippen molar-refractivity contribution < 1.29 is 23.8 Å². The SMILES string of the molecule is COc1cc(C=NNC(=O)CSc2nnc(-c3ccc(Br)cc3)n2-c2ccccc2)cc(OC)c1OC(C)=O. The summed E-state index contributed by atoms with van der Waals surface area (Å²) >= 11 is 4.70. The summed E-state index contributed by atoms with van der Waals surface area (Å²) in [5.41, 5.74) is 4.84. The van der Waals surface area contributed by atoms with Gasteiger partial charge in [-0.1, -0.05) is 58.0 Å². The molecule has 10 nitrogen and oxygen atoms in total. The van der Waals surface area contributed by atoms with Crippen LogP contribution in [0.25, 0.3) is 17.1 Å². The minimum Gasteiger partial charge on any atom is -0.493 e. The summed E-state index contributed by atoms with van der Waals surface area (Å²) < 4.78 is 18.7. The Labute approximate surface area is 237 Å². The molecule has 0 radical (unpaired) electrons. The normalized spacial score (nSPS) is 10.9. The van der Waals surface area contributed by atoms with Gasteiger partial charge in [-0.2, -0.15) is 5.10 Å². The molecule has 0 atom stereocenters. The van der Waals surface area contributed by atoms with Crippen molar-refractivity contribution in [3.63, 3.8) is 0 Å². The van der Waals surface area contributed by atoms with Crippen molar-refractivity contribution in [2.24, 2.45) is 5.10 Å². The van der Waals surface area contributed by atoms with Crippen molar-refractivity contribution in [2.75, 3.05) is 20.0 Å². The van der Waals surface area contributed by atoms with Crippen LogP contribution in [-0.4, -0.2) is 52.8 Å². The molecule has 39 heavy (non-hydrogen) atoms. The molecule has 1 aromatic heterocycles. The van der Waals surface area contributed by atoms with Crippen LogP contribution in [-0.2, 0) is 9.59 Å². The van der Waals surface area contributed by atoms with Crippen LogP contribution in [0.3, 0.4) is 0 Å². The highest BCUT2D eigenvalue weighted by molar-refractivity contribution is 9.10. The van der Waals surface area contributed by atoms with Gasteiger partial charge in [-0.05, 0) is 36.4 Å². The number of methoxy groups -OCH3 is 2. The largest absolute Gasteiger partial charge is 0.493 e. The zero-order valence-corrected chi connectivity index (χ0v) is 23.7. The summed E-state index contributed by atoms with van der Waals surface area (Å²) in [6.45, 7) is 1.28. The minimum absolute atomic E-state index is 0.0562. The van der Waals surface area contributed by atoms with Crippen LogP contribution < -0.4 is 19.6 Å². The molecule has 0 fully saturated rings. The van der Waals surface area contributed by atoms with Gasteiger partial charge in [0.05, 0.1) is 26.2 Å². The third-order valence-corrected chi connectivity index (χ3v) is 6.67. The van der Waals surface area contributed by atoms with Crippen LogP contribution in [0.5, 0.6) is 17.2 Å². The van der Waals surface area contributed by atoms with Crippen molar-refractivity contribution in [3.8, 4) is 34.3 Å². The van der Waals surface area contributed by atoms with Gasteiger partial charge < -0.3 is 14.2 Å². The first-order chi connectivity index (χ1) is 18.9. The van der Waals surface area contributed by atoms with E-state index in [0.29, 0.717) is 16.5 Å². The number of thioether (sulfide) groups is 1. The lowest BCUT2D eigenvalue weighted by atomic mass is 10.2. The van der Waals surface area contributed by atoms with Gasteiger partial charge in [0.15, 0.2) is 22.5 Å². The summed E-state index contributed by atoms with van der Waals surface area (Å²) in [4.78, 5) is 24.0. The Morgan fingerprint density at radius 3 is 2.31 bits per heavy atom. The Balaban J connectivity index is 1.47. The van der Waals surface area contributed by atoms with Crippen LogP contribution in [0.4, 0.5) is 0 Å². The number of ether oxygens (including phenoxy) is 3. The predicted octanol–water partition coefficient (Wildman–Crippen LogP) is 4.88. The average molecular weight is 610 g/mol. The molecule has 1 heterocycles. The van der Waals surface area contributed by atoms with E-state index in [4.69, 9.17) is 14.2 Å². The number of rotatable bonds is 10. The maximum Gasteiger partial charge on any atom is 0.308 e. The van der Waals surface area contributed by atoms with Gasteiger partial charge in [0, 0.05) is 28.2 Å². The number of hydrogen-bond acceptors (Lipinski definition) is 9. The second kappa shape index (κ2) is 13.1. The average Bonchev–Trinajstić information content (AvgIpc) is 3.37. The fourth-order valence-corrected chi connectivity index (χ4v) is 4.53. The molecule has 0 unspecified atom stereocenters. The van der Waals surface area contributed by atoms with E-state index < -0.39 is 5.97 Å². The van der Waals surface area contributed by atoms with Crippen molar-refractivity contribution in [1.82, 2.24) is 20.2 Å². The van der Waals surface area contributed by atoms with E-state index in [2.05, 4.69) is 36.7 Å². The number of nitrogens with zero attached hydrogens (tertiary/aromatic N) is 4. The minimum atomic E-state index is -0.509. The number of hydrazone groups is 1. The van der Waals surface area contributed by atoms with E-state index in [1.165, 1.54) is 39.1 Å². The molecule has 4 rings (SSSR count). The highest BCUT2D eigenvalue weighted by Gasteiger charge is 2.18. The molecule has 12 heteroatoms. The molecule has 0 saturated carbocycles. The van der Waals surface area contributed by atoms with Gasteiger partial charge in [0.2, 0.25) is 5.75 Å². The number of carbonyl (C=O) groups excluding carboxylic acids is 2. The van der Waals surface area contributed by atoms with Gasteiger partial charge in [0.1, 0.15) is 0 Å². The van der Waals surface area contributed by atoms with Crippen molar-refractivity contribution in [2.45, 2.75) is 12.1 Å². The standard InChI is InChI=1S/C27H24BrN5O5S/c1-17(34)38-25-22(36-2)13-18(14-23(25)37-3)15-29-30-24(35)16-39-27-32-31-26(19-9-11-20(28)12-10-19)33(27)21-7-5-4-6-8-21/h4-15H,16H2,1-3H3,(H,30,35). The van der Waals surface area contributed by atoms with Gasteiger partial charge in [-0.3, -0.25) is 14.2 Å². The van der Waals surface area contributed by atoms with E-state index in [9.17, 15) is 9.59 Å². The molecule has 0 spiro atoms. The molecular weight excluding hydrogens is 586 g/mol. The fraction of sp³-hybridized carbons (Fsp3) is 0.148. The molecule has 0 saturated heterocycles. The van der Waals surface area contributed by atoms with E-state index in [0.717, 1.165) is 15.7 Å². The lowest BCUT2D eigenvalue weighted by Gasteiger charge is -2.13. The van der Waals surface area contributed by atoms with Gasteiger partial charge in [-0.15, -0.1) is 10.2 Å². The molecule has 4 aromatic rings. The number of aromatic nitrogens is 3. The van der Waals surface area contributed by atoms with Crippen LogP contribution in [0.1, 0.15) is 12.5 Å². The number of halogens is 1. The van der Waals surface area contributed by atoms with Crippen LogP contribution >= 0.6 is 27.7 Å². The van der Waals surface area contributed by atoms with Crippen molar-refractivity contribution in [3.05, 3.63) is 76.8 Å². The molecule has 0 aliphatic rings. The lowest BCUT2D eigenvalue weighted by Crippen LogP contribution is -2.20. The molecule has 1 N–H and O–H groups in total. The fourth-order valence-electron chi connectivity index (χ4n) is 3.52. The topological polar surface area (TPSA) is 117 Å². The van der Waals surface area contributed by atoms with Crippen LogP contribution in [0.15, 0.2) is 81.5 Å². The first kappa shape index (κ1) is 27.9. The number of hydrogen-bond donors (Lipinski definition) is 1. The molecule has 3 aromatic carbocycles. The maximum absolute atomic E-state index is 12.6. The van der Waals surface area contributed by atoms with Crippen molar-refractivity contribution >= 4 is 45.8 Å². The van der Waals surface area contributed by atoms with E-state index >= 15 is 0 Å². The predicted molar refractivity (Wildman–Crippen MR) is 152 cm³/mol. The summed E-state index contributed by atoms with van der Waals surface area (Å²) in [5.74, 6) is 0.611. The number of para-hydroxylation sites is 1. The molecule has 200 valence electrons. The Kier molecular flexibility index (Phi) is 9.34. The quantitative estimate of drug-likeness (QED) is 0.0888. The Morgan fingerprint density at radius 1 is 1.03 bits per heavy atom. The maximum atomic E-state index is 12.6. The Hall–Kier alpha value is -4.16. The van der Waals surface area contributed by atoms with Gasteiger partial charge >= 0.3 is 5.97 Å². The lowest BCUT2D eigenvalue weighted by molar-refractivity contribution is -0.132. The highest BCUT2D eigenvalue weighted by atomic mass is 79.9. The van der Waals surface area contributed by atoms with E-state index in [1.54, 1.807) is 12.1 Å². The highest BCUT2D eigenvalue weighted by Crippen LogP contribution is 2.38. The zero-order chi connectivity index (χ0) is 27.8. The van der Waals surface area contributed by atoms with E-state index in [1.807, 2.05) is 59.2 Å². The summed E-state index contributed by atoms with van der Waals surface area (Å²) in [5, 5.41) is 13.3. The van der Waals surface area contributed by atoms with Gasteiger partial charge in [-0.25, -0.2) is 5.43 Å². The number of carbonyl (C=O) groups is 2. The Morgan fingerprint density at radius 2 is 1.69 bits per heavy atom. The number of benzene rings is 3. The van der Waals surface area contributed by atoms with Crippen LogP contribution in [0, 0.1) is 0 Å². The summed E-state index contributed by atoms with van der Waals surface area (Å²) in [6, 6.07) is 20.7. The number of esters is 1. The molecule has 1 amide bonds. The first-order valence-corrected chi connectivity index (χ1v) is 13.3. The van der Waals surface area contributed by atoms with Gasteiger partial charge in [0.25, 0.3) is 5.91 Å². The summed E-state index contributed by atoms with van der Waals surface area (Å²) in [6.07, 6.45) is 1.43. The number of nitrogens with one attached hydrogen (secondary N) is 1. The monoisotopic (exact) mass is 609 g/mol. The third kappa shape index (κ3) is 7.03. The second-order valence-corrected chi connectivity index (χ2v) is 9.77. The molecule has 0 bridgehead atoms. The summed E-state index contributed by atoms with van der Waals surface area (Å²) in [7, 11) is 2.88. The zero-order valence-electron chi connectivity index (χ0n) is 21.3.